The lowest BCUT2D eigenvalue weighted by Gasteiger charge is -2.20. The summed E-state index contributed by atoms with van der Waals surface area (Å²) < 4.78 is 29.1. The van der Waals surface area contributed by atoms with Gasteiger partial charge in [-0.15, -0.1) is 0 Å². The SMILES string of the molecule is Cc1nn(CCN)c(C)c1S(=O)(=O)NCC(C)N(C)C. The lowest BCUT2D eigenvalue weighted by atomic mass is 10.3. The van der Waals surface area contributed by atoms with Crippen LogP contribution in [-0.4, -0.2) is 56.3 Å². The fourth-order valence-electron chi connectivity index (χ4n) is 1.89. The van der Waals surface area contributed by atoms with E-state index in [2.05, 4.69) is 9.82 Å². The number of sulfonamides is 1. The summed E-state index contributed by atoms with van der Waals surface area (Å²) in [6.07, 6.45) is 0. The first-order valence-corrected chi connectivity index (χ1v) is 8.09. The van der Waals surface area contributed by atoms with E-state index in [1.165, 1.54) is 0 Å². The predicted octanol–water partition coefficient (Wildman–Crippen LogP) is -0.313. The summed E-state index contributed by atoms with van der Waals surface area (Å²) in [6, 6.07) is 0.115. The Balaban J connectivity index is 2.98. The molecule has 0 fully saturated rings. The van der Waals surface area contributed by atoms with Gasteiger partial charge >= 0.3 is 0 Å². The minimum atomic E-state index is -3.55. The molecule has 1 unspecified atom stereocenters. The van der Waals surface area contributed by atoms with Gasteiger partial charge in [-0.25, -0.2) is 13.1 Å². The van der Waals surface area contributed by atoms with E-state index >= 15 is 0 Å². The van der Waals surface area contributed by atoms with Gasteiger partial charge in [-0.1, -0.05) is 0 Å². The van der Waals surface area contributed by atoms with E-state index in [4.69, 9.17) is 5.73 Å². The summed E-state index contributed by atoms with van der Waals surface area (Å²) in [4.78, 5) is 2.22. The number of aryl methyl sites for hydroxylation is 1. The van der Waals surface area contributed by atoms with Crippen LogP contribution in [0.25, 0.3) is 0 Å². The number of hydrogen-bond donors (Lipinski definition) is 2. The first-order chi connectivity index (χ1) is 9.20. The van der Waals surface area contributed by atoms with Crippen LogP contribution < -0.4 is 10.5 Å². The van der Waals surface area contributed by atoms with Crippen molar-refractivity contribution in [3.8, 4) is 0 Å². The Hall–Kier alpha value is -0.960. The molecule has 0 saturated heterocycles. The highest BCUT2D eigenvalue weighted by molar-refractivity contribution is 7.89. The number of likely N-dealkylation sites (N-methyl/N-ethyl adjacent to an activating group) is 1. The van der Waals surface area contributed by atoms with Gasteiger partial charge in [-0.3, -0.25) is 4.68 Å². The first-order valence-electron chi connectivity index (χ1n) is 6.61. The van der Waals surface area contributed by atoms with Gasteiger partial charge in [-0.05, 0) is 34.9 Å². The van der Waals surface area contributed by atoms with E-state index in [-0.39, 0.29) is 10.9 Å². The van der Waals surface area contributed by atoms with Crippen molar-refractivity contribution < 1.29 is 8.42 Å². The molecule has 8 heteroatoms. The average molecular weight is 303 g/mol. The summed E-state index contributed by atoms with van der Waals surface area (Å²) in [5.74, 6) is 0. The summed E-state index contributed by atoms with van der Waals surface area (Å²) in [6.45, 7) is 6.70. The van der Waals surface area contributed by atoms with Crippen LogP contribution in [0.15, 0.2) is 4.90 Å². The Bertz CT molecular complexity index is 550. The molecule has 0 spiro atoms. The Morgan fingerprint density at radius 3 is 2.50 bits per heavy atom. The molecule has 1 aromatic rings. The van der Waals surface area contributed by atoms with Gasteiger partial charge < -0.3 is 10.6 Å². The largest absolute Gasteiger partial charge is 0.329 e. The quantitative estimate of drug-likeness (QED) is 0.720. The van der Waals surface area contributed by atoms with Crippen molar-refractivity contribution in [2.75, 3.05) is 27.2 Å². The van der Waals surface area contributed by atoms with Crippen molar-refractivity contribution in [3.63, 3.8) is 0 Å². The predicted molar refractivity (Wildman–Crippen MR) is 79.1 cm³/mol. The third-order valence-corrected chi connectivity index (χ3v) is 5.05. The summed E-state index contributed by atoms with van der Waals surface area (Å²) in [5, 5.41) is 4.24. The van der Waals surface area contributed by atoms with Gasteiger partial charge in [0.2, 0.25) is 10.0 Å². The van der Waals surface area contributed by atoms with E-state index in [1.807, 2.05) is 25.9 Å². The molecule has 1 atom stereocenters. The Morgan fingerprint density at radius 2 is 2.00 bits per heavy atom. The van der Waals surface area contributed by atoms with Crippen LogP contribution in [0.5, 0.6) is 0 Å². The van der Waals surface area contributed by atoms with Crippen LogP contribution in [-0.2, 0) is 16.6 Å². The van der Waals surface area contributed by atoms with Crippen molar-refractivity contribution in [2.45, 2.75) is 38.3 Å². The van der Waals surface area contributed by atoms with E-state index < -0.39 is 10.0 Å². The minimum Gasteiger partial charge on any atom is -0.329 e. The summed E-state index contributed by atoms with van der Waals surface area (Å²) in [5.41, 5.74) is 6.62. The topological polar surface area (TPSA) is 93.2 Å². The molecule has 1 heterocycles. The molecule has 1 aromatic heterocycles. The number of hydrogen-bond acceptors (Lipinski definition) is 5. The molecule has 0 saturated carbocycles. The van der Waals surface area contributed by atoms with Crippen LogP contribution in [0.4, 0.5) is 0 Å². The van der Waals surface area contributed by atoms with Crippen LogP contribution in [0.3, 0.4) is 0 Å². The van der Waals surface area contributed by atoms with Gasteiger partial charge in [-0.2, -0.15) is 5.10 Å². The van der Waals surface area contributed by atoms with Crippen molar-refractivity contribution >= 4 is 10.0 Å². The molecule has 0 aromatic carbocycles. The number of rotatable bonds is 7. The average Bonchev–Trinajstić information content (AvgIpc) is 2.62. The maximum Gasteiger partial charge on any atom is 0.244 e. The lowest BCUT2D eigenvalue weighted by Crippen LogP contribution is -2.38. The van der Waals surface area contributed by atoms with Crippen LogP contribution in [0, 0.1) is 13.8 Å². The second kappa shape index (κ2) is 6.66. The van der Waals surface area contributed by atoms with Crippen LogP contribution >= 0.6 is 0 Å². The monoisotopic (exact) mass is 303 g/mol. The molecular formula is C12H25N5O2S. The van der Waals surface area contributed by atoms with Gasteiger partial charge in [0.25, 0.3) is 0 Å². The summed E-state index contributed by atoms with van der Waals surface area (Å²) in [7, 11) is 0.274. The van der Waals surface area contributed by atoms with E-state index in [1.54, 1.807) is 18.5 Å². The minimum absolute atomic E-state index is 0.115. The number of aromatic nitrogens is 2. The van der Waals surface area contributed by atoms with Crippen molar-refractivity contribution in [2.24, 2.45) is 5.73 Å². The van der Waals surface area contributed by atoms with Gasteiger partial charge in [0, 0.05) is 19.1 Å². The van der Waals surface area contributed by atoms with Crippen LogP contribution in [0.1, 0.15) is 18.3 Å². The molecule has 20 heavy (non-hydrogen) atoms. The molecule has 0 amide bonds. The zero-order chi connectivity index (χ0) is 15.5. The smallest absolute Gasteiger partial charge is 0.244 e. The lowest BCUT2D eigenvalue weighted by molar-refractivity contribution is 0.314. The fourth-order valence-corrected chi connectivity index (χ4v) is 3.42. The second-order valence-electron chi connectivity index (χ2n) is 5.18. The van der Waals surface area contributed by atoms with Gasteiger partial charge in [0.15, 0.2) is 0 Å². The zero-order valence-electron chi connectivity index (χ0n) is 12.8. The molecule has 0 aliphatic carbocycles. The third-order valence-electron chi connectivity index (χ3n) is 3.38. The molecule has 0 aliphatic rings. The number of nitrogens with two attached hydrogens (primary N) is 1. The maximum absolute atomic E-state index is 12.4. The second-order valence-corrected chi connectivity index (χ2v) is 6.88. The van der Waals surface area contributed by atoms with E-state index in [9.17, 15) is 8.42 Å². The first kappa shape index (κ1) is 17.1. The Morgan fingerprint density at radius 1 is 1.40 bits per heavy atom. The summed E-state index contributed by atoms with van der Waals surface area (Å²) >= 11 is 0. The van der Waals surface area contributed by atoms with Crippen molar-refractivity contribution in [1.29, 1.82) is 0 Å². The Kier molecular flexibility index (Phi) is 5.69. The van der Waals surface area contributed by atoms with Gasteiger partial charge in [0.1, 0.15) is 4.90 Å². The van der Waals surface area contributed by atoms with Crippen LogP contribution in [0.2, 0.25) is 0 Å². The molecule has 7 nitrogen and oxygen atoms in total. The Labute approximate surface area is 121 Å². The zero-order valence-corrected chi connectivity index (χ0v) is 13.7. The van der Waals surface area contributed by atoms with Crippen molar-refractivity contribution in [3.05, 3.63) is 11.4 Å². The maximum atomic E-state index is 12.4. The number of nitrogens with one attached hydrogen (secondary N) is 1. The van der Waals surface area contributed by atoms with E-state index in [0.717, 1.165) is 0 Å². The highest BCUT2D eigenvalue weighted by Crippen LogP contribution is 2.19. The van der Waals surface area contributed by atoms with Crippen molar-refractivity contribution in [1.82, 2.24) is 19.4 Å². The number of nitrogens with zero attached hydrogens (tertiary/aromatic N) is 3. The molecule has 116 valence electrons. The standard InChI is InChI=1S/C12H25N5O2S/c1-9(16(4)5)8-14-20(18,19)12-10(2)15-17(7-6-13)11(12)3/h9,14H,6-8,13H2,1-5H3. The van der Waals surface area contributed by atoms with Gasteiger partial charge in [0.05, 0.1) is 17.9 Å². The fraction of sp³-hybridized carbons (Fsp3) is 0.750. The third kappa shape index (κ3) is 3.78. The normalized spacial score (nSPS) is 13.9. The highest BCUT2D eigenvalue weighted by Gasteiger charge is 2.24. The molecule has 1 rings (SSSR count). The van der Waals surface area contributed by atoms with E-state index in [0.29, 0.717) is 31.0 Å². The molecular weight excluding hydrogens is 278 g/mol. The molecule has 0 radical (unpaired) electrons. The molecule has 3 N–H and O–H groups in total. The molecule has 0 aliphatic heterocycles. The highest BCUT2D eigenvalue weighted by atomic mass is 32.2. The molecule has 0 bridgehead atoms.